The Morgan fingerprint density at radius 3 is 2.60 bits per heavy atom. The standard InChI is InChI=1S/C16H25N3O/c1-2-15(14-5-3-4-6-16(14)20)19-11-13(12-19)18-9-7-17-8-10-18/h3-6,13,15,17,20H,2,7-12H2,1H3. The number of rotatable bonds is 4. The van der Waals surface area contributed by atoms with Gasteiger partial charge in [0.2, 0.25) is 0 Å². The Morgan fingerprint density at radius 2 is 1.95 bits per heavy atom. The molecule has 0 bridgehead atoms. The average molecular weight is 275 g/mol. The van der Waals surface area contributed by atoms with Crippen LogP contribution in [-0.2, 0) is 0 Å². The van der Waals surface area contributed by atoms with E-state index in [1.165, 1.54) is 13.1 Å². The quantitative estimate of drug-likeness (QED) is 0.872. The molecule has 2 aliphatic rings. The first-order valence-corrected chi connectivity index (χ1v) is 7.76. The lowest BCUT2D eigenvalue weighted by atomic mass is 9.95. The number of phenols is 1. The summed E-state index contributed by atoms with van der Waals surface area (Å²) in [7, 11) is 0. The number of piperazine rings is 1. The number of benzene rings is 1. The maximum absolute atomic E-state index is 10.0. The molecule has 0 radical (unpaired) electrons. The summed E-state index contributed by atoms with van der Waals surface area (Å²) in [5.74, 6) is 0.435. The van der Waals surface area contributed by atoms with Crippen LogP contribution >= 0.6 is 0 Å². The third-order valence-electron chi connectivity index (χ3n) is 4.68. The molecule has 1 aromatic carbocycles. The summed E-state index contributed by atoms with van der Waals surface area (Å²) < 4.78 is 0. The van der Waals surface area contributed by atoms with E-state index in [0.29, 0.717) is 17.8 Å². The minimum absolute atomic E-state index is 0.357. The van der Waals surface area contributed by atoms with Crippen molar-refractivity contribution >= 4 is 0 Å². The van der Waals surface area contributed by atoms with Gasteiger partial charge in [0.25, 0.3) is 0 Å². The van der Waals surface area contributed by atoms with Crippen LogP contribution in [0, 0.1) is 0 Å². The van der Waals surface area contributed by atoms with Crippen LogP contribution in [0.3, 0.4) is 0 Å². The molecule has 4 nitrogen and oxygen atoms in total. The highest BCUT2D eigenvalue weighted by molar-refractivity contribution is 5.34. The first-order chi connectivity index (χ1) is 9.79. The van der Waals surface area contributed by atoms with Gasteiger partial charge in [-0.2, -0.15) is 0 Å². The average Bonchev–Trinajstić information content (AvgIpc) is 2.44. The second-order valence-electron chi connectivity index (χ2n) is 5.88. The van der Waals surface area contributed by atoms with Crippen LogP contribution < -0.4 is 5.32 Å². The number of phenolic OH excluding ortho intramolecular Hbond substituents is 1. The number of hydrogen-bond acceptors (Lipinski definition) is 4. The first-order valence-electron chi connectivity index (χ1n) is 7.76. The highest BCUT2D eigenvalue weighted by Crippen LogP contribution is 2.34. The summed E-state index contributed by atoms with van der Waals surface area (Å²) >= 11 is 0. The summed E-state index contributed by atoms with van der Waals surface area (Å²) in [5.41, 5.74) is 1.08. The number of likely N-dealkylation sites (tertiary alicyclic amines) is 1. The molecule has 1 atom stereocenters. The smallest absolute Gasteiger partial charge is 0.120 e. The second-order valence-corrected chi connectivity index (χ2v) is 5.88. The fourth-order valence-corrected chi connectivity index (χ4v) is 3.46. The zero-order valence-electron chi connectivity index (χ0n) is 12.3. The van der Waals surface area contributed by atoms with Gasteiger partial charge in [-0.05, 0) is 12.5 Å². The van der Waals surface area contributed by atoms with Crippen molar-refractivity contribution in [2.45, 2.75) is 25.4 Å². The topological polar surface area (TPSA) is 38.7 Å². The van der Waals surface area contributed by atoms with Gasteiger partial charge >= 0.3 is 0 Å². The molecule has 0 spiro atoms. The minimum Gasteiger partial charge on any atom is -0.508 e. The van der Waals surface area contributed by atoms with E-state index >= 15 is 0 Å². The van der Waals surface area contributed by atoms with E-state index in [1.807, 2.05) is 12.1 Å². The molecule has 0 aliphatic carbocycles. The summed E-state index contributed by atoms with van der Waals surface area (Å²) in [6, 6.07) is 8.83. The van der Waals surface area contributed by atoms with Crippen LogP contribution in [0.2, 0.25) is 0 Å². The summed E-state index contributed by atoms with van der Waals surface area (Å²) in [5, 5.41) is 13.5. The summed E-state index contributed by atoms with van der Waals surface area (Å²) in [4.78, 5) is 5.10. The first kappa shape index (κ1) is 13.9. The van der Waals surface area contributed by atoms with Crippen LogP contribution in [0.25, 0.3) is 0 Å². The van der Waals surface area contributed by atoms with E-state index in [9.17, 15) is 5.11 Å². The van der Waals surface area contributed by atoms with Crippen molar-refractivity contribution < 1.29 is 5.11 Å². The molecule has 110 valence electrons. The Bertz CT molecular complexity index is 439. The van der Waals surface area contributed by atoms with Crippen molar-refractivity contribution in [1.29, 1.82) is 0 Å². The largest absolute Gasteiger partial charge is 0.508 e. The zero-order chi connectivity index (χ0) is 13.9. The molecule has 3 rings (SSSR count). The molecular weight excluding hydrogens is 250 g/mol. The third-order valence-corrected chi connectivity index (χ3v) is 4.68. The van der Waals surface area contributed by atoms with Gasteiger partial charge in [0.1, 0.15) is 5.75 Å². The van der Waals surface area contributed by atoms with Crippen LogP contribution in [0.4, 0.5) is 0 Å². The van der Waals surface area contributed by atoms with Gasteiger partial charge in [-0.1, -0.05) is 25.1 Å². The molecule has 20 heavy (non-hydrogen) atoms. The molecule has 4 heteroatoms. The molecule has 0 aromatic heterocycles. The monoisotopic (exact) mass is 275 g/mol. The molecule has 1 unspecified atom stereocenters. The molecule has 1 aromatic rings. The van der Waals surface area contributed by atoms with E-state index < -0.39 is 0 Å². The SMILES string of the molecule is CCC(c1ccccc1O)N1CC(N2CCNCC2)C1. The number of hydrogen-bond donors (Lipinski definition) is 2. The van der Waals surface area contributed by atoms with Crippen LogP contribution in [0.15, 0.2) is 24.3 Å². The Kier molecular flexibility index (Phi) is 4.24. The molecule has 2 saturated heterocycles. The molecule has 2 heterocycles. The van der Waals surface area contributed by atoms with Gasteiger partial charge in [-0.3, -0.25) is 9.80 Å². The molecule has 0 amide bonds. The Balaban J connectivity index is 1.61. The number of aromatic hydroxyl groups is 1. The van der Waals surface area contributed by atoms with Gasteiger partial charge < -0.3 is 10.4 Å². The van der Waals surface area contributed by atoms with Gasteiger partial charge in [0.15, 0.2) is 0 Å². The van der Waals surface area contributed by atoms with Crippen molar-refractivity contribution in [1.82, 2.24) is 15.1 Å². The van der Waals surface area contributed by atoms with E-state index in [2.05, 4.69) is 28.1 Å². The number of nitrogens with zero attached hydrogens (tertiary/aromatic N) is 2. The van der Waals surface area contributed by atoms with E-state index in [4.69, 9.17) is 0 Å². The van der Waals surface area contributed by atoms with Gasteiger partial charge in [0.05, 0.1) is 0 Å². The van der Waals surface area contributed by atoms with Crippen LogP contribution in [0.1, 0.15) is 24.9 Å². The minimum atomic E-state index is 0.357. The van der Waals surface area contributed by atoms with Crippen molar-refractivity contribution in [3.8, 4) is 5.75 Å². The zero-order valence-corrected chi connectivity index (χ0v) is 12.3. The predicted molar refractivity (Wildman–Crippen MR) is 80.9 cm³/mol. The Morgan fingerprint density at radius 1 is 1.25 bits per heavy atom. The van der Waals surface area contributed by atoms with Crippen molar-refractivity contribution in [2.75, 3.05) is 39.3 Å². The third kappa shape index (κ3) is 2.68. The maximum Gasteiger partial charge on any atom is 0.120 e. The molecule has 2 N–H and O–H groups in total. The maximum atomic E-state index is 10.0. The van der Waals surface area contributed by atoms with Crippen molar-refractivity contribution in [3.63, 3.8) is 0 Å². The molecule has 0 saturated carbocycles. The summed E-state index contributed by atoms with van der Waals surface area (Å²) in [6.07, 6.45) is 1.05. The van der Waals surface area contributed by atoms with E-state index in [0.717, 1.165) is 38.2 Å². The lowest BCUT2D eigenvalue weighted by molar-refractivity contribution is -0.00286. The predicted octanol–water partition coefficient (Wildman–Crippen LogP) is 1.43. The van der Waals surface area contributed by atoms with E-state index in [1.54, 1.807) is 6.07 Å². The van der Waals surface area contributed by atoms with E-state index in [-0.39, 0.29) is 0 Å². The highest BCUT2D eigenvalue weighted by Gasteiger charge is 2.36. The molecular formula is C16H25N3O. The lowest BCUT2D eigenvalue weighted by Crippen LogP contribution is -2.63. The Hall–Kier alpha value is -1.10. The normalized spacial score (nSPS) is 23.4. The van der Waals surface area contributed by atoms with Crippen LogP contribution in [0.5, 0.6) is 5.75 Å². The molecule has 2 fully saturated rings. The highest BCUT2D eigenvalue weighted by atomic mass is 16.3. The summed E-state index contributed by atoms with van der Waals surface area (Å²) in [6.45, 7) is 9.05. The van der Waals surface area contributed by atoms with Gasteiger partial charge in [0, 0.05) is 56.9 Å². The lowest BCUT2D eigenvalue weighted by Gasteiger charge is -2.50. The van der Waals surface area contributed by atoms with Crippen molar-refractivity contribution in [2.24, 2.45) is 0 Å². The van der Waals surface area contributed by atoms with Gasteiger partial charge in [-0.25, -0.2) is 0 Å². The fraction of sp³-hybridized carbons (Fsp3) is 0.625. The number of nitrogens with one attached hydrogen (secondary N) is 1. The Labute approximate surface area is 121 Å². The number of para-hydroxylation sites is 1. The van der Waals surface area contributed by atoms with Crippen molar-refractivity contribution in [3.05, 3.63) is 29.8 Å². The van der Waals surface area contributed by atoms with Crippen LogP contribution in [-0.4, -0.2) is 60.2 Å². The fourth-order valence-electron chi connectivity index (χ4n) is 3.46. The second kappa shape index (κ2) is 6.12. The molecule has 2 aliphatic heterocycles. The van der Waals surface area contributed by atoms with Gasteiger partial charge in [-0.15, -0.1) is 0 Å².